The molecule has 0 saturated carbocycles. The molecule has 2 N–H and O–H groups in total. The third-order valence-corrected chi connectivity index (χ3v) is 7.04. The van der Waals surface area contributed by atoms with Gasteiger partial charge in [-0.1, -0.05) is 30.3 Å². The van der Waals surface area contributed by atoms with Crippen LogP contribution < -0.4 is 18.9 Å². The maximum Gasteiger partial charge on any atom is 0.257 e. The lowest BCUT2D eigenvalue weighted by atomic mass is 9.97. The number of likely N-dealkylation sites (N-methyl/N-ethyl adjacent to an activating group) is 1. The van der Waals surface area contributed by atoms with Gasteiger partial charge in [-0.05, 0) is 24.0 Å². The Morgan fingerprint density at radius 2 is 1.94 bits per heavy atom. The molecule has 0 spiro atoms. The van der Waals surface area contributed by atoms with Crippen molar-refractivity contribution in [2.75, 3.05) is 34.1 Å². The lowest BCUT2D eigenvalue weighted by Gasteiger charge is -2.29. The zero-order chi connectivity index (χ0) is 22.2. The molecule has 0 bridgehead atoms. The van der Waals surface area contributed by atoms with Gasteiger partial charge in [-0.15, -0.1) is 0 Å². The Balaban J connectivity index is 1.80. The van der Waals surface area contributed by atoms with Crippen LogP contribution in [0.4, 0.5) is 0 Å². The van der Waals surface area contributed by atoms with Gasteiger partial charge in [-0.3, -0.25) is 4.79 Å². The molecule has 1 atom stereocenters. The second-order valence-corrected chi connectivity index (χ2v) is 9.10. The molecule has 0 saturated heterocycles. The van der Waals surface area contributed by atoms with Gasteiger partial charge < -0.3 is 24.2 Å². The molecule has 0 fully saturated rings. The minimum Gasteiger partial charge on any atom is -0.492 e. The Bertz CT molecular complexity index is 1100. The first-order chi connectivity index (χ1) is 14.9. The van der Waals surface area contributed by atoms with Crippen LogP contribution >= 0.6 is 0 Å². The van der Waals surface area contributed by atoms with Gasteiger partial charge in [0.15, 0.2) is 11.5 Å². The van der Waals surface area contributed by atoms with E-state index in [1.165, 1.54) is 12.0 Å². The van der Waals surface area contributed by atoms with Gasteiger partial charge in [0, 0.05) is 19.6 Å². The van der Waals surface area contributed by atoms with Gasteiger partial charge >= 0.3 is 0 Å². The Labute approximate surface area is 180 Å². The van der Waals surface area contributed by atoms with E-state index < -0.39 is 22.7 Å². The van der Waals surface area contributed by atoms with Crippen molar-refractivity contribution in [3.05, 3.63) is 47.0 Å². The summed E-state index contributed by atoms with van der Waals surface area (Å²) in [4.78, 5) is 14.3. The molecule has 0 aliphatic carbocycles. The van der Waals surface area contributed by atoms with Crippen molar-refractivity contribution in [1.29, 1.82) is 0 Å². The standard InChI is InChI=1S/C21H24N2O7S/c1-23-9-8-15-16(21(23)25)17(28-2)18-19(30-12-29-18)20(15)31(26,27)22-14(11-24)10-13-6-4-3-5-7-13/h3-7,14,22,24H,8-12H2,1-2H3/t14-/m1/s1. The summed E-state index contributed by atoms with van der Waals surface area (Å²) in [6.45, 7) is -0.229. The predicted molar refractivity (Wildman–Crippen MR) is 111 cm³/mol. The van der Waals surface area contributed by atoms with Gasteiger partial charge in [0.25, 0.3) is 5.91 Å². The SMILES string of the molecule is COc1c2c(c(S(=O)(=O)N[C@@H](CO)Cc3ccccc3)c3c1C(=O)N(C)CC3)OCO2. The number of methoxy groups -OCH3 is 1. The van der Waals surface area contributed by atoms with Crippen LogP contribution in [0.1, 0.15) is 21.5 Å². The van der Waals surface area contributed by atoms with Crippen LogP contribution in [0.25, 0.3) is 0 Å². The summed E-state index contributed by atoms with van der Waals surface area (Å²) in [5.74, 6) is -0.0671. The highest BCUT2D eigenvalue weighted by atomic mass is 32.2. The minimum atomic E-state index is -4.17. The molecule has 4 rings (SSSR count). The van der Waals surface area contributed by atoms with E-state index >= 15 is 0 Å². The van der Waals surface area contributed by atoms with Crippen molar-refractivity contribution in [3.63, 3.8) is 0 Å². The second kappa shape index (κ2) is 8.37. The fourth-order valence-electron chi connectivity index (χ4n) is 3.95. The predicted octanol–water partition coefficient (Wildman–Crippen LogP) is 0.934. The van der Waals surface area contributed by atoms with Gasteiger partial charge in [0.2, 0.25) is 22.6 Å². The fourth-order valence-corrected chi connectivity index (χ4v) is 5.59. The normalized spacial score (nSPS) is 16.2. The number of nitrogens with zero attached hydrogens (tertiary/aromatic N) is 1. The number of aliphatic hydroxyl groups excluding tert-OH is 1. The monoisotopic (exact) mass is 448 g/mol. The van der Waals surface area contributed by atoms with Crippen LogP contribution in [0.2, 0.25) is 0 Å². The average Bonchev–Trinajstić information content (AvgIpc) is 3.23. The number of hydrogen-bond donors (Lipinski definition) is 2. The summed E-state index contributed by atoms with van der Waals surface area (Å²) in [6.07, 6.45) is 0.611. The van der Waals surface area contributed by atoms with Crippen molar-refractivity contribution in [2.45, 2.75) is 23.8 Å². The number of aliphatic hydroxyl groups is 1. The molecule has 9 nitrogen and oxygen atoms in total. The summed E-state index contributed by atoms with van der Waals surface area (Å²) in [6, 6.07) is 8.51. The number of fused-ring (bicyclic) bond motifs is 2. The van der Waals surface area contributed by atoms with Crippen LogP contribution in [0.15, 0.2) is 35.2 Å². The first-order valence-corrected chi connectivity index (χ1v) is 11.3. The Morgan fingerprint density at radius 3 is 2.61 bits per heavy atom. The topological polar surface area (TPSA) is 114 Å². The van der Waals surface area contributed by atoms with E-state index in [1.807, 2.05) is 30.3 Å². The first-order valence-electron chi connectivity index (χ1n) is 9.82. The number of hydrogen-bond acceptors (Lipinski definition) is 7. The first kappa shape index (κ1) is 21.4. The Morgan fingerprint density at radius 1 is 1.23 bits per heavy atom. The molecular formula is C21H24N2O7S. The van der Waals surface area contributed by atoms with Crippen molar-refractivity contribution < 1.29 is 32.5 Å². The number of nitrogens with one attached hydrogen (secondary N) is 1. The zero-order valence-corrected chi connectivity index (χ0v) is 18.1. The lowest BCUT2D eigenvalue weighted by Crippen LogP contribution is -2.41. The molecule has 2 aliphatic heterocycles. The van der Waals surface area contributed by atoms with Gasteiger partial charge in [-0.25, -0.2) is 13.1 Å². The molecule has 2 aliphatic rings. The number of ether oxygens (including phenoxy) is 3. The molecule has 2 aromatic carbocycles. The molecule has 166 valence electrons. The summed E-state index contributed by atoms with van der Waals surface area (Å²) < 4.78 is 45.9. The highest BCUT2D eigenvalue weighted by Crippen LogP contribution is 2.51. The molecule has 1 amide bonds. The van der Waals surface area contributed by atoms with Crippen LogP contribution in [-0.2, 0) is 22.9 Å². The second-order valence-electron chi connectivity index (χ2n) is 7.45. The Hall–Kier alpha value is -2.82. The third-order valence-electron chi connectivity index (χ3n) is 5.43. The zero-order valence-electron chi connectivity index (χ0n) is 17.3. The van der Waals surface area contributed by atoms with E-state index in [9.17, 15) is 18.3 Å². The summed E-state index contributed by atoms with van der Waals surface area (Å²) in [7, 11) is -1.13. The number of amides is 1. The Kier molecular flexibility index (Phi) is 5.78. The summed E-state index contributed by atoms with van der Waals surface area (Å²) >= 11 is 0. The van der Waals surface area contributed by atoms with Gasteiger partial charge in [0.05, 0.1) is 19.3 Å². The maximum absolute atomic E-state index is 13.5. The number of sulfonamides is 1. The smallest absolute Gasteiger partial charge is 0.257 e. The molecule has 0 aromatic heterocycles. The fraction of sp³-hybridized carbons (Fsp3) is 0.381. The number of benzene rings is 2. The van der Waals surface area contributed by atoms with E-state index in [4.69, 9.17) is 14.2 Å². The highest BCUT2D eigenvalue weighted by Gasteiger charge is 2.41. The van der Waals surface area contributed by atoms with E-state index in [0.29, 0.717) is 24.9 Å². The number of carbonyl (C=O) groups excluding carboxylic acids is 1. The third kappa shape index (κ3) is 3.82. The van der Waals surface area contributed by atoms with Crippen LogP contribution in [-0.4, -0.2) is 64.5 Å². The average molecular weight is 448 g/mol. The molecule has 31 heavy (non-hydrogen) atoms. The van der Waals surface area contributed by atoms with Crippen molar-refractivity contribution in [3.8, 4) is 17.2 Å². The largest absolute Gasteiger partial charge is 0.492 e. The van der Waals surface area contributed by atoms with Gasteiger partial charge in [-0.2, -0.15) is 0 Å². The minimum absolute atomic E-state index is 0.0249. The molecule has 10 heteroatoms. The van der Waals surface area contributed by atoms with E-state index in [-0.39, 0.29) is 40.4 Å². The van der Waals surface area contributed by atoms with Crippen LogP contribution in [0.5, 0.6) is 17.2 Å². The van der Waals surface area contributed by atoms with Crippen molar-refractivity contribution >= 4 is 15.9 Å². The summed E-state index contributed by atoms with van der Waals surface area (Å²) in [5.41, 5.74) is 1.36. The van der Waals surface area contributed by atoms with Crippen LogP contribution in [0, 0.1) is 0 Å². The van der Waals surface area contributed by atoms with Crippen molar-refractivity contribution in [1.82, 2.24) is 9.62 Å². The number of carbonyl (C=O) groups is 1. The van der Waals surface area contributed by atoms with Gasteiger partial charge in [0.1, 0.15) is 4.90 Å². The maximum atomic E-state index is 13.5. The molecular weight excluding hydrogens is 424 g/mol. The number of rotatable bonds is 7. The highest BCUT2D eigenvalue weighted by molar-refractivity contribution is 7.89. The van der Waals surface area contributed by atoms with Crippen LogP contribution in [0.3, 0.4) is 0 Å². The lowest BCUT2D eigenvalue weighted by molar-refractivity contribution is 0.0775. The molecule has 2 aromatic rings. The molecule has 0 unspecified atom stereocenters. The van der Waals surface area contributed by atoms with Crippen molar-refractivity contribution in [2.24, 2.45) is 0 Å². The molecule has 2 heterocycles. The quantitative estimate of drug-likeness (QED) is 0.648. The van der Waals surface area contributed by atoms with E-state index in [2.05, 4.69) is 4.72 Å². The summed E-state index contributed by atoms with van der Waals surface area (Å²) in [5, 5.41) is 9.82. The van der Waals surface area contributed by atoms with E-state index in [0.717, 1.165) is 5.56 Å². The van der Waals surface area contributed by atoms with E-state index in [1.54, 1.807) is 7.05 Å². The molecule has 0 radical (unpaired) electrons.